The zero-order chi connectivity index (χ0) is 21.5. The first-order chi connectivity index (χ1) is 14.5. The van der Waals surface area contributed by atoms with Gasteiger partial charge in [-0.15, -0.1) is 0 Å². The van der Waals surface area contributed by atoms with Gasteiger partial charge in [0.1, 0.15) is 0 Å². The predicted molar refractivity (Wildman–Crippen MR) is 127 cm³/mol. The molecule has 3 rings (SSSR count). The van der Waals surface area contributed by atoms with E-state index in [1.807, 2.05) is 18.2 Å². The highest BCUT2D eigenvalue weighted by molar-refractivity contribution is 7.80. The number of nitrogens with one attached hydrogen (secondary N) is 2. The lowest BCUT2D eigenvalue weighted by Gasteiger charge is -2.29. The third kappa shape index (κ3) is 6.03. The summed E-state index contributed by atoms with van der Waals surface area (Å²) in [6.45, 7) is 12.1. The molecule has 2 aromatic rings. The molecule has 6 nitrogen and oxygen atoms in total. The number of aromatic amines is 1. The highest BCUT2D eigenvalue weighted by atomic mass is 32.1. The van der Waals surface area contributed by atoms with Gasteiger partial charge in [0.05, 0.1) is 12.6 Å². The quantitative estimate of drug-likeness (QED) is 0.597. The van der Waals surface area contributed by atoms with Crippen molar-refractivity contribution in [1.29, 1.82) is 0 Å². The Labute approximate surface area is 184 Å². The van der Waals surface area contributed by atoms with Crippen LogP contribution >= 0.6 is 12.2 Å². The minimum Gasteiger partial charge on any atom is -0.376 e. The topological polar surface area (TPSA) is 60.6 Å². The molecule has 1 aromatic heterocycles. The number of aryl methyl sites for hydroxylation is 1. The molecule has 2 N–H and O–H groups in total. The largest absolute Gasteiger partial charge is 0.376 e. The van der Waals surface area contributed by atoms with E-state index in [0.29, 0.717) is 18.2 Å². The van der Waals surface area contributed by atoms with Gasteiger partial charge in [0.15, 0.2) is 5.11 Å². The molecule has 0 radical (unpaired) electrons. The minimum atomic E-state index is -0.0545. The lowest BCUT2D eigenvalue weighted by molar-refractivity contribution is 0.113. The molecule has 7 heteroatoms. The number of nitrogens with zero attached hydrogens (tertiary/aromatic N) is 2. The molecule has 1 fully saturated rings. The fourth-order valence-electron chi connectivity index (χ4n) is 3.87. The van der Waals surface area contributed by atoms with Crippen molar-refractivity contribution in [3.05, 3.63) is 45.7 Å². The van der Waals surface area contributed by atoms with Crippen LogP contribution in [0, 0.1) is 6.92 Å². The fraction of sp³-hybridized carbons (Fsp3) is 0.565. The number of ether oxygens (including phenoxy) is 1. The van der Waals surface area contributed by atoms with Crippen LogP contribution < -0.4 is 10.9 Å². The summed E-state index contributed by atoms with van der Waals surface area (Å²) in [7, 11) is 0. The van der Waals surface area contributed by atoms with Crippen molar-refractivity contribution in [2.45, 2.75) is 46.3 Å². The third-order valence-electron chi connectivity index (χ3n) is 5.81. The Morgan fingerprint density at radius 1 is 1.27 bits per heavy atom. The van der Waals surface area contributed by atoms with E-state index in [9.17, 15) is 4.79 Å². The average Bonchev–Trinajstić information content (AvgIpc) is 3.26. The van der Waals surface area contributed by atoms with E-state index < -0.39 is 0 Å². The Bertz CT molecular complexity index is 904. The lowest BCUT2D eigenvalue weighted by Crippen LogP contribution is -2.46. The van der Waals surface area contributed by atoms with E-state index in [1.165, 1.54) is 5.56 Å². The van der Waals surface area contributed by atoms with E-state index in [0.717, 1.165) is 62.1 Å². The van der Waals surface area contributed by atoms with Gasteiger partial charge in [-0.3, -0.25) is 4.79 Å². The monoisotopic (exact) mass is 430 g/mol. The molecule has 1 saturated heterocycles. The van der Waals surface area contributed by atoms with E-state index in [4.69, 9.17) is 17.0 Å². The number of rotatable bonds is 9. The fourth-order valence-corrected chi connectivity index (χ4v) is 4.11. The Morgan fingerprint density at radius 2 is 2.07 bits per heavy atom. The van der Waals surface area contributed by atoms with Crippen LogP contribution in [0.3, 0.4) is 0 Å². The molecule has 0 aliphatic carbocycles. The van der Waals surface area contributed by atoms with Gasteiger partial charge in [0.25, 0.3) is 5.56 Å². The third-order valence-corrected chi connectivity index (χ3v) is 6.21. The van der Waals surface area contributed by atoms with Crippen molar-refractivity contribution in [3.63, 3.8) is 0 Å². The van der Waals surface area contributed by atoms with Crippen LogP contribution in [0.2, 0.25) is 0 Å². The number of pyridine rings is 1. The van der Waals surface area contributed by atoms with Gasteiger partial charge in [0.2, 0.25) is 0 Å². The standard InChI is InChI=1S/C23H34N4O2S/c1-4-26(5-2)10-11-27(23(30)24-15-20-7-6-12-29-20)16-19-14-18-13-17(3)8-9-21(18)25-22(19)28/h8-9,13-14,20H,4-7,10-12,15-16H2,1-3H3,(H,24,30)(H,25,28)/t20-/m1/s1. The number of hydrogen-bond acceptors (Lipinski definition) is 4. The average molecular weight is 431 g/mol. The molecule has 0 bridgehead atoms. The van der Waals surface area contributed by atoms with Gasteiger partial charge in [-0.1, -0.05) is 25.5 Å². The van der Waals surface area contributed by atoms with Crippen LogP contribution in [0.4, 0.5) is 0 Å². The van der Waals surface area contributed by atoms with Crippen LogP contribution in [0.1, 0.15) is 37.8 Å². The molecular formula is C23H34N4O2S. The van der Waals surface area contributed by atoms with E-state index in [2.05, 4.69) is 46.9 Å². The van der Waals surface area contributed by atoms with Gasteiger partial charge >= 0.3 is 0 Å². The molecule has 0 amide bonds. The second kappa shape index (κ2) is 10.9. The highest BCUT2D eigenvalue weighted by Gasteiger charge is 2.18. The summed E-state index contributed by atoms with van der Waals surface area (Å²) in [4.78, 5) is 20.2. The number of likely N-dealkylation sites (N-methyl/N-ethyl adjacent to an activating group) is 1. The number of thiocarbonyl (C=S) groups is 1. The van der Waals surface area contributed by atoms with Crippen molar-refractivity contribution in [1.82, 2.24) is 20.1 Å². The normalized spacial score (nSPS) is 16.3. The van der Waals surface area contributed by atoms with Crippen LogP contribution in [0.15, 0.2) is 29.1 Å². The molecule has 164 valence electrons. The van der Waals surface area contributed by atoms with Crippen molar-refractivity contribution >= 4 is 28.2 Å². The first-order valence-corrected chi connectivity index (χ1v) is 11.4. The number of fused-ring (bicyclic) bond motifs is 1. The van der Waals surface area contributed by atoms with E-state index in [1.54, 1.807) is 0 Å². The van der Waals surface area contributed by atoms with Crippen LogP contribution in [-0.4, -0.2) is 65.3 Å². The zero-order valence-corrected chi connectivity index (χ0v) is 19.2. The van der Waals surface area contributed by atoms with Gasteiger partial charge in [0, 0.05) is 37.3 Å². The van der Waals surface area contributed by atoms with Crippen molar-refractivity contribution in [3.8, 4) is 0 Å². The van der Waals surface area contributed by atoms with Crippen molar-refractivity contribution in [2.24, 2.45) is 0 Å². The number of H-pyrrole nitrogens is 1. The molecule has 1 aliphatic heterocycles. The molecule has 1 atom stereocenters. The Kier molecular flexibility index (Phi) is 8.24. The zero-order valence-electron chi connectivity index (χ0n) is 18.4. The van der Waals surface area contributed by atoms with Gasteiger partial charge in [-0.25, -0.2) is 0 Å². The van der Waals surface area contributed by atoms with E-state index >= 15 is 0 Å². The van der Waals surface area contributed by atoms with Crippen LogP contribution in [0.25, 0.3) is 10.9 Å². The van der Waals surface area contributed by atoms with Crippen LogP contribution in [-0.2, 0) is 11.3 Å². The number of benzene rings is 1. The number of hydrogen-bond donors (Lipinski definition) is 2. The Morgan fingerprint density at radius 3 is 2.77 bits per heavy atom. The Balaban J connectivity index is 1.76. The summed E-state index contributed by atoms with van der Waals surface area (Å²) in [5, 5.41) is 5.10. The first kappa shape index (κ1) is 22.7. The molecule has 2 heterocycles. The summed E-state index contributed by atoms with van der Waals surface area (Å²) in [6, 6.07) is 8.07. The predicted octanol–water partition coefficient (Wildman–Crippen LogP) is 3.03. The highest BCUT2D eigenvalue weighted by Crippen LogP contribution is 2.15. The number of aromatic nitrogens is 1. The molecule has 1 aliphatic rings. The second-order valence-corrected chi connectivity index (χ2v) is 8.37. The maximum absolute atomic E-state index is 12.7. The molecule has 0 spiro atoms. The lowest BCUT2D eigenvalue weighted by atomic mass is 10.1. The first-order valence-electron chi connectivity index (χ1n) is 11.0. The molecular weight excluding hydrogens is 396 g/mol. The summed E-state index contributed by atoms with van der Waals surface area (Å²) in [5.41, 5.74) is 2.71. The van der Waals surface area contributed by atoms with Gasteiger partial charge in [-0.05, 0) is 68.7 Å². The minimum absolute atomic E-state index is 0.0545. The van der Waals surface area contributed by atoms with Gasteiger partial charge in [-0.2, -0.15) is 0 Å². The maximum atomic E-state index is 12.7. The van der Waals surface area contributed by atoms with Crippen molar-refractivity contribution in [2.75, 3.05) is 39.3 Å². The summed E-state index contributed by atoms with van der Waals surface area (Å²) >= 11 is 5.72. The van der Waals surface area contributed by atoms with E-state index in [-0.39, 0.29) is 11.7 Å². The maximum Gasteiger partial charge on any atom is 0.253 e. The Hall–Kier alpha value is -1.96. The summed E-state index contributed by atoms with van der Waals surface area (Å²) in [5.74, 6) is 0. The molecule has 0 saturated carbocycles. The SMILES string of the molecule is CCN(CC)CCN(Cc1cc2cc(C)ccc2[nH]c1=O)C(=S)NC[C@H]1CCCO1. The summed E-state index contributed by atoms with van der Waals surface area (Å²) < 4.78 is 5.71. The molecule has 30 heavy (non-hydrogen) atoms. The molecule has 0 unspecified atom stereocenters. The van der Waals surface area contributed by atoms with Gasteiger partial charge < -0.3 is 24.8 Å². The smallest absolute Gasteiger partial charge is 0.253 e. The second-order valence-electron chi connectivity index (χ2n) is 7.98. The van der Waals surface area contributed by atoms with Crippen molar-refractivity contribution < 1.29 is 4.74 Å². The van der Waals surface area contributed by atoms with Crippen LogP contribution in [0.5, 0.6) is 0 Å². The summed E-state index contributed by atoms with van der Waals surface area (Å²) in [6.07, 6.45) is 2.40. The molecule has 1 aromatic carbocycles.